The molecule has 2 aliphatic rings. The van der Waals surface area contributed by atoms with Gasteiger partial charge in [0, 0.05) is 27.7 Å². The molecule has 1 saturated heterocycles. The van der Waals surface area contributed by atoms with Crippen LogP contribution in [0.1, 0.15) is 98.8 Å². The number of amides is 6. The Morgan fingerprint density at radius 1 is 0.818 bits per heavy atom. The summed E-state index contributed by atoms with van der Waals surface area (Å²) >= 11 is 0. The molecule has 2 fully saturated rings. The zero-order valence-electron chi connectivity index (χ0n) is 34.1. The molecular weight excluding hydrogens is 714 g/mol. The smallest absolute Gasteiger partial charge is 0.326 e. The van der Waals surface area contributed by atoms with E-state index >= 15 is 0 Å². The lowest BCUT2D eigenvalue weighted by molar-refractivity contribution is -0.160. The highest BCUT2D eigenvalue weighted by Crippen LogP contribution is 2.30. The Bertz CT molecular complexity index is 1390. The number of carboxylic acids is 2. The largest absolute Gasteiger partial charge is 0.481 e. The zero-order chi connectivity index (χ0) is 41.7. The molecule has 17 nitrogen and oxygen atoms in total. The summed E-state index contributed by atoms with van der Waals surface area (Å²) in [5.74, 6) is -5.86. The Labute approximate surface area is 325 Å². The highest BCUT2D eigenvalue weighted by molar-refractivity contribution is 5.97. The van der Waals surface area contributed by atoms with Crippen molar-refractivity contribution in [2.75, 3.05) is 41.3 Å². The lowest BCUT2D eigenvalue weighted by Crippen LogP contribution is -2.65. The van der Waals surface area contributed by atoms with E-state index in [1.54, 1.807) is 14.0 Å². The first-order valence-corrected chi connectivity index (χ1v) is 19.6. The van der Waals surface area contributed by atoms with Crippen molar-refractivity contribution in [3.63, 3.8) is 0 Å². The number of nitrogens with one attached hydrogen (secondary N) is 3. The first kappa shape index (κ1) is 46.9. The van der Waals surface area contributed by atoms with Crippen LogP contribution < -0.4 is 16.0 Å². The molecule has 1 saturated carbocycles. The third-order valence-corrected chi connectivity index (χ3v) is 11.2. The van der Waals surface area contributed by atoms with Crippen LogP contribution >= 0.6 is 0 Å². The van der Waals surface area contributed by atoms with Gasteiger partial charge in [0.15, 0.2) is 0 Å². The molecule has 0 aromatic heterocycles. The van der Waals surface area contributed by atoms with Gasteiger partial charge in [-0.15, -0.1) is 0 Å². The molecule has 2 rings (SSSR count). The van der Waals surface area contributed by atoms with Crippen LogP contribution in [0.3, 0.4) is 0 Å². The predicted molar refractivity (Wildman–Crippen MR) is 203 cm³/mol. The van der Waals surface area contributed by atoms with E-state index in [0.717, 1.165) is 37.0 Å². The lowest BCUT2D eigenvalue weighted by Gasteiger charge is -2.45. The topological polar surface area (TPSA) is 226 Å². The van der Waals surface area contributed by atoms with Crippen LogP contribution in [-0.4, -0.2) is 155 Å². The van der Waals surface area contributed by atoms with Crippen molar-refractivity contribution in [3.8, 4) is 0 Å². The summed E-state index contributed by atoms with van der Waals surface area (Å²) < 4.78 is 0. The average Bonchev–Trinajstić information content (AvgIpc) is 3.12. The fraction of sp³-hybridized carbons (Fsp3) is 0.789. The Kier molecular flexibility index (Phi) is 18.5. The molecule has 55 heavy (non-hydrogen) atoms. The van der Waals surface area contributed by atoms with Crippen molar-refractivity contribution in [3.05, 3.63) is 0 Å². The first-order valence-electron chi connectivity index (χ1n) is 19.6. The monoisotopic (exact) mass is 779 g/mol. The summed E-state index contributed by atoms with van der Waals surface area (Å²) in [6.07, 6.45) is 5.76. The van der Waals surface area contributed by atoms with Gasteiger partial charge in [0.25, 0.3) is 0 Å². The Balaban J connectivity index is 2.23. The second kappa shape index (κ2) is 21.7. The Hall–Kier alpha value is -4.28. The molecular formula is C38H65N7O10. The molecule has 0 radical (unpaired) electrons. The van der Waals surface area contributed by atoms with Crippen molar-refractivity contribution >= 4 is 47.4 Å². The zero-order valence-corrected chi connectivity index (χ0v) is 34.1. The maximum atomic E-state index is 14.1. The van der Waals surface area contributed by atoms with E-state index in [2.05, 4.69) is 16.0 Å². The predicted octanol–water partition coefficient (Wildman–Crippen LogP) is 0.899. The maximum absolute atomic E-state index is 14.1. The quantitative estimate of drug-likeness (QED) is 0.110. The molecule has 0 bridgehead atoms. The number of hydrogen-bond donors (Lipinski definition) is 5. The summed E-state index contributed by atoms with van der Waals surface area (Å²) in [7, 11) is 6.04. The van der Waals surface area contributed by atoms with E-state index in [4.69, 9.17) is 5.11 Å². The molecule has 0 aromatic rings. The van der Waals surface area contributed by atoms with E-state index in [1.807, 2.05) is 27.7 Å². The number of nitrogens with zero attached hydrogens (tertiary/aromatic N) is 4. The van der Waals surface area contributed by atoms with Crippen LogP contribution in [0.15, 0.2) is 0 Å². The first-order chi connectivity index (χ1) is 25.7. The molecule has 7 atom stereocenters. The number of carbonyl (C=O) groups excluding carboxylic acids is 6. The van der Waals surface area contributed by atoms with Crippen molar-refractivity contribution < 1.29 is 48.6 Å². The summed E-state index contributed by atoms with van der Waals surface area (Å²) in [5.41, 5.74) is 0. The second-order valence-corrected chi connectivity index (χ2v) is 15.8. The lowest BCUT2D eigenvalue weighted by atomic mass is 9.84. The number of rotatable bonds is 21. The number of aliphatic carboxylic acids is 2. The van der Waals surface area contributed by atoms with Gasteiger partial charge in [-0.3, -0.25) is 33.6 Å². The molecule has 1 heterocycles. The minimum Gasteiger partial charge on any atom is -0.481 e. The third kappa shape index (κ3) is 13.2. The Morgan fingerprint density at radius 2 is 1.44 bits per heavy atom. The van der Waals surface area contributed by atoms with Crippen LogP contribution in [-0.2, 0) is 38.4 Å². The van der Waals surface area contributed by atoms with Gasteiger partial charge >= 0.3 is 11.9 Å². The van der Waals surface area contributed by atoms with Crippen molar-refractivity contribution in [2.24, 2.45) is 17.8 Å². The van der Waals surface area contributed by atoms with E-state index in [9.17, 15) is 43.5 Å². The van der Waals surface area contributed by atoms with Crippen LogP contribution in [0.2, 0.25) is 0 Å². The van der Waals surface area contributed by atoms with Crippen LogP contribution in [0.4, 0.5) is 0 Å². The van der Waals surface area contributed by atoms with Crippen molar-refractivity contribution in [1.82, 2.24) is 35.6 Å². The summed E-state index contributed by atoms with van der Waals surface area (Å²) in [5, 5.41) is 26.4. The molecule has 5 N–H and O–H groups in total. The normalized spacial score (nSPS) is 19.1. The maximum Gasteiger partial charge on any atom is 0.326 e. The standard InChI is InChI=1S/C38H65N7O10/c1-10-23(4)32(41-33(49)26(39-6)18-22(2)3)37(53)43(8)24(5)34(50)45-17-16-28(45)36(52)44(9)29(19-25-14-12-11-13-15-25)35(51)42(7)21-30(46)40-27(38(54)55)20-31(47)48/h22-29,32,39H,10-21H2,1-9H3,(H,40,46)(H,41,49)(H,47,48)(H,54,55)/t23-,24-,26-,27-,28-,29-,32-/m0/s1. The van der Waals surface area contributed by atoms with E-state index < -0.39 is 90.7 Å². The second-order valence-electron chi connectivity index (χ2n) is 15.8. The van der Waals surface area contributed by atoms with Gasteiger partial charge < -0.3 is 45.8 Å². The van der Waals surface area contributed by atoms with Crippen molar-refractivity contribution in [1.29, 1.82) is 0 Å². The highest BCUT2D eigenvalue weighted by atomic mass is 16.4. The molecule has 6 amide bonds. The third-order valence-electron chi connectivity index (χ3n) is 11.2. The van der Waals surface area contributed by atoms with Gasteiger partial charge in [0.2, 0.25) is 35.4 Å². The number of likely N-dealkylation sites (tertiary alicyclic amines) is 1. The van der Waals surface area contributed by atoms with Crippen LogP contribution in [0.5, 0.6) is 0 Å². The summed E-state index contributed by atoms with van der Waals surface area (Å²) in [6, 6.07) is -5.89. The molecule has 0 aromatic carbocycles. The Morgan fingerprint density at radius 3 is 1.93 bits per heavy atom. The molecule has 0 unspecified atom stereocenters. The molecule has 17 heteroatoms. The fourth-order valence-electron chi connectivity index (χ4n) is 7.20. The fourth-order valence-corrected chi connectivity index (χ4v) is 7.20. The molecule has 312 valence electrons. The summed E-state index contributed by atoms with van der Waals surface area (Å²) in [6.45, 7) is 9.06. The van der Waals surface area contributed by atoms with Gasteiger partial charge in [-0.25, -0.2) is 4.79 Å². The van der Waals surface area contributed by atoms with Gasteiger partial charge in [0.05, 0.1) is 19.0 Å². The number of hydrogen-bond acceptors (Lipinski definition) is 9. The summed E-state index contributed by atoms with van der Waals surface area (Å²) in [4.78, 5) is 109. The van der Waals surface area contributed by atoms with Crippen LogP contribution in [0.25, 0.3) is 0 Å². The van der Waals surface area contributed by atoms with Gasteiger partial charge in [-0.05, 0) is 51.0 Å². The number of carbonyl (C=O) groups is 8. The average molecular weight is 780 g/mol. The van der Waals surface area contributed by atoms with Gasteiger partial charge in [0.1, 0.15) is 30.2 Å². The van der Waals surface area contributed by atoms with Crippen LogP contribution in [0, 0.1) is 17.8 Å². The van der Waals surface area contributed by atoms with E-state index in [-0.39, 0.29) is 30.2 Å². The van der Waals surface area contributed by atoms with Gasteiger partial charge in [-0.2, -0.15) is 0 Å². The minimum absolute atomic E-state index is 0.138. The van der Waals surface area contributed by atoms with Gasteiger partial charge in [-0.1, -0.05) is 66.2 Å². The van der Waals surface area contributed by atoms with E-state index in [1.165, 1.54) is 35.8 Å². The molecule has 1 aliphatic carbocycles. The number of carboxylic acid groups (broad SMARTS) is 2. The highest BCUT2D eigenvalue weighted by Gasteiger charge is 2.45. The SMILES string of the molecule is CC[C@H](C)[C@H](NC(=O)[C@H](CC(C)C)NC)C(=O)N(C)[C@@H](C)C(=O)N1CC[C@H]1C(=O)N(C)[C@@H](CC1CCCCC1)C(=O)N(C)CC(=O)N[C@@H](CC(=O)O)C(=O)O. The van der Waals surface area contributed by atoms with E-state index in [0.29, 0.717) is 25.7 Å². The minimum atomic E-state index is -1.69. The molecule has 0 spiro atoms. The number of likely N-dealkylation sites (N-methyl/N-ethyl adjacent to an activating group) is 4. The van der Waals surface area contributed by atoms with Crippen molar-refractivity contribution in [2.45, 2.75) is 135 Å². The molecule has 1 aliphatic heterocycles.